The number of hydrogen-bond donors (Lipinski definition) is 2. The van der Waals surface area contributed by atoms with E-state index in [-0.39, 0.29) is 0 Å². The van der Waals surface area contributed by atoms with Crippen molar-refractivity contribution in [2.75, 3.05) is 24.3 Å². The van der Waals surface area contributed by atoms with Gasteiger partial charge in [-0.05, 0) is 18.9 Å². The standard InChI is InChI=1S/C17H24N4O/c1-12(2)10-19-17-20-13(3)9-16(21-17)18-11-14-7-5-6-8-15(14)22-4/h5-9,12H,10-11H2,1-4H3,(H2,18,19,20,21). The third-order valence-electron chi connectivity index (χ3n) is 3.18. The highest BCUT2D eigenvalue weighted by molar-refractivity contribution is 5.44. The van der Waals surface area contributed by atoms with Crippen molar-refractivity contribution in [2.45, 2.75) is 27.3 Å². The highest BCUT2D eigenvalue weighted by atomic mass is 16.5. The third-order valence-corrected chi connectivity index (χ3v) is 3.18. The lowest BCUT2D eigenvalue weighted by Crippen LogP contribution is -2.12. The van der Waals surface area contributed by atoms with Gasteiger partial charge in [0.15, 0.2) is 0 Å². The second-order valence-electron chi connectivity index (χ2n) is 5.66. The average molecular weight is 300 g/mol. The van der Waals surface area contributed by atoms with Crippen molar-refractivity contribution in [3.05, 3.63) is 41.6 Å². The molecule has 1 aromatic carbocycles. The zero-order chi connectivity index (χ0) is 15.9. The lowest BCUT2D eigenvalue weighted by atomic mass is 10.2. The molecule has 2 N–H and O–H groups in total. The van der Waals surface area contributed by atoms with E-state index in [1.807, 2.05) is 37.3 Å². The van der Waals surface area contributed by atoms with Gasteiger partial charge in [0.1, 0.15) is 11.6 Å². The van der Waals surface area contributed by atoms with E-state index in [9.17, 15) is 0 Å². The Bertz CT molecular complexity index is 613. The van der Waals surface area contributed by atoms with Crippen LogP contribution in [0.15, 0.2) is 30.3 Å². The van der Waals surface area contributed by atoms with E-state index in [1.54, 1.807) is 7.11 Å². The van der Waals surface area contributed by atoms with Crippen molar-refractivity contribution in [1.82, 2.24) is 9.97 Å². The van der Waals surface area contributed by atoms with Crippen molar-refractivity contribution in [1.29, 1.82) is 0 Å². The molecule has 22 heavy (non-hydrogen) atoms. The van der Waals surface area contributed by atoms with Crippen LogP contribution in [0.4, 0.5) is 11.8 Å². The van der Waals surface area contributed by atoms with E-state index in [1.165, 1.54) is 0 Å². The summed E-state index contributed by atoms with van der Waals surface area (Å²) in [4.78, 5) is 8.91. The number of aryl methyl sites for hydroxylation is 1. The van der Waals surface area contributed by atoms with Crippen LogP contribution in [0.2, 0.25) is 0 Å². The number of nitrogens with zero attached hydrogens (tertiary/aromatic N) is 2. The van der Waals surface area contributed by atoms with E-state index in [0.717, 1.165) is 29.4 Å². The molecule has 0 aliphatic rings. The monoisotopic (exact) mass is 300 g/mol. The Morgan fingerprint density at radius 1 is 1.14 bits per heavy atom. The molecule has 0 saturated heterocycles. The van der Waals surface area contributed by atoms with Gasteiger partial charge in [-0.2, -0.15) is 4.98 Å². The zero-order valence-electron chi connectivity index (χ0n) is 13.7. The fourth-order valence-corrected chi connectivity index (χ4v) is 2.07. The molecular formula is C17H24N4O. The lowest BCUT2D eigenvalue weighted by molar-refractivity contribution is 0.410. The summed E-state index contributed by atoms with van der Waals surface area (Å²) in [6.07, 6.45) is 0. The minimum atomic E-state index is 0.550. The Labute approximate surface area is 132 Å². The summed E-state index contributed by atoms with van der Waals surface area (Å²) in [6.45, 7) is 7.79. The first-order chi connectivity index (χ1) is 10.6. The van der Waals surface area contributed by atoms with Crippen LogP contribution in [0.3, 0.4) is 0 Å². The molecule has 0 bridgehead atoms. The van der Waals surface area contributed by atoms with Crippen LogP contribution < -0.4 is 15.4 Å². The van der Waals surface area contributed by atoms with Gasteiger partial charge in [0.05, 0.1) is 7.11 Å². The summed E-state index contributed by atoms with van der Waals surface area (Å²) < 4.78 is 5.36. The van der Waals surface area contributed by atoms with E-state index in [0.29, 0.717) is 18.4 Å². The van der Waals surface area contributed by atoms with Gasteiger partial charge >= 0.3 is 0 Å². The molecule has 5 heteroatoms. The topological polar surface area (TPSA) is 59.1 Å². The summed E-state index contributed by atoms with van der Waals surface area (Å²) in [5.74, 6) is 2.90. The Balaban J connectivity index is 2.06. The first-order valence-electron chi connectivity index (χ1n) is 7.54. The summed E-state index contributed by atoms with van der Waals surface area (Å²) in [5.41, 5.74) is 2.03. The SMILES string of the molecule is COc1ccccc1CNc1cc(C)nc(NCC(C)C)n1. The highest BCUT2D eigenvalue weighted by Crippen LogP contribution is 2.19. The highest BCUT2D eigenvalue weighted by Gasteiger charge is 2.05. The number of aromatic nitrogens is 2. The number of ether oxygens (including phenoxy) is 1. The minimum Gasteiger partial charge on any atom is -0.496 e. The summed E-state index contributed by atoms with van der Waals surface area (Å²) in [7, 11) is 1.68. The smallest absolute Gasteiger partial charge is 0.224 e. The maximum Gasteiger partial charge on any atom is 0.224 e. The van der Waals surface area contributed by atoms with Crippen molar-refractivity contribution in [2.24, 2.45) is 5.92 Å². The number of rotatable bonds is 7. The van der Waals surface area contributed by atoms with Crippen LogP contribution >= 0.6 is 0 Å². The van der Waals surface area contributed by atoms with Gasteiger partial charge in [-0.3, -0.25) is 0 Å². The predicted molar refractivity (Wildman–Crippen MR) is 90.4 cm³/mol. The largest absolute Gasteiger partial charge is 0.496 e. The van der Waals surface area contributed by atoms with Crippen LogP contribution in [0.25, 0.3) is 0 Å². The van der Waals surface area contributed by atoms with Gasteiger partial charge in [-0.15, -0.1) is 0 Å². The number of anilines is 2. The average Bonchev–Trinajstić information content (AvgIpc) is 2.50. The Hall–Kier alpha value is -2.30. The maximum absolute atomic E-state index is 5.36. The number of benzene rings is 1. The minimum absolute atomic E-state index is 0.550. The number of hydrogen-bond acceptors (Lipinski definition) is 5. The fraction of sp³-hybridized carbons (Fsp3) is 0.412. The van der Waals surface area contributed by atoms with Gasteiger partial charge in [0.25, 0.3) is 0 Å². The molecule has 0 radical (unpaired) electrons. The number of methoxy groups -OCH3 is 1. The van der Waals surface area contributed by atoms with E-state index < -0.39 is 0 Å². The Kier molecular flexibility index (Phi) is 5.58. The maximum atomic E-state index is 5.36. The van der Waals surface area contributed by atoms with E-state index in [2.05, 4.69) is 34.4 Å². The molecule has 0 spiro atoms. The molecule has 0 aliphatic carbocycles. The van der Waals surface area contributed by atoms with Crippen molar-refractivity contribution >= 4 is 11.8 Å². The van der Waals surface area contributed by atoms with Crippen LogP contribution in [0, 0.1) is 12.8 Å². The molecule has 0 amide bonds. The predicted octanol–water partition coefficient (Wildman–Crippen LogP) is 3.47. The molecule has 0 saturated carbocycles. The Morgan fingerprint density at radius 3 is 2.64 bits per heavy atom. The zero-order valence-corrected chi connectivity index (χ0v) is 13.7. The van der Waals surface area contributed by atoms with E-state index >= 15 is 0 Å². The number of nitrogens with one attached hydrogen (secondary N) is 2. The second kappa shape index (κ2) is 7.64. The van der Waals surface area contributed by atoms with Crippen molar-refractivity contribution in [3.63, 3.8) is 0 Å². The molecule has 0 unspecified atom stereocenters. The van der Waals surface area contributed by atoms with Crippen LogP contribution in [0.5, 0.6) is 5.75 Å². The molecule has 2 aromatic rings. The van der Waals surface area contributed by atoms with Gasteiger partial charge in [0, 0.05) is 30.4 Å². The van der Waals surface area contributed by atoms with Crippen LogP contribution in [-0.4, -0.2) is 23.6 Å². The molecule has 2 rings (SSSR count). The first-order valence-corrected chi connectivity index (χ1v) is 7.54. The van der Waals surface area contributed by atoms with Crippen LogP contribution in [-0.2, 0) is 6.54 Å². The Morgan fingerprint density at radius 2 is 1.91 bits per heavy atom. The molecule has 0 atom stereocenters. The molecular weight excluding hydrogens is 276 g/mol. The van der Waals surface area contributed by atoms with Crippen molar-refractivity contribution in [3.8, 4) is 5.75 Å². The third kappa shape index (κ3) is 4.62. The molecule has 0 fully saturated rings. The first kappa shape index (κ1) is 16.1. The van der Waals surface area contributed by atoms with Crippen LogP contribution in [0.1, 0.15) is 25.1 Å². The molecule has 1 heterocycles. The summed E-state index contributed by atoms with van der Waals surface area (Å²) in [5, 5.41) is 6.59. The van der Waals surface area contributed by atoms with Gasteiger partial charge in [0.2, 0.25) is 5.95 Å². The molecule has 0 aliphatic heterocycles. The second-order valence-corrected chi connectivity index (χ2v) is 5.66. The van der Waals surface area contributed by atoms with Gasteiger partial charge in [-0.1, -0.05) is 32.0 Å². The van der Waals surface area contributed by atoms with Crippen molar-refractivity contribution < 1.29 is 4.74 Å². The lowest BCUT2D eigenvalue weighted by Gasteiger charge is -2.12. The molecule has 5 nitrogen and oxygen atoms in total. The number of para-hydroxylation sites is 1. The normalized spacial score (nSPS) is 10.6. The summed E-state index contributed by atoms with van der Waals surface area (Å²) in [6, 6.07) is 9.90. The van der Waals surface area contributed by atoms with Gasteiger partial charge < -0.3 is 15.4 Å². The molecule has 118 valence electrons. The summed E-state index contributed by atoms with van der Waals surface area (Å²) >= 11 is 0. The van der Waals surface area contributed by atoms with Gasteiger partial charge in [-0.25, -0.2) is 4.98 Å². The fourth-order valence-electron chi connectivity index (χ4n) is 2.07. The van der Waals surface area contributed by atoms with E-state index in [4.69, 9.17) is 4.74 Å². The molecule has 1 aromatic heterocycles. The quantitative estimate of drug-likeness (QED) is 0.820.